The number of benzene rings is 3. The number of carbonyl (C=O) groups is 1. The molecule has 0 spiro atoms. The van der Waals surface area contributed by atoms with Crippen LogP contribution in [0, 0.1) is 5.82 Å². The molecule has 0 aliphatic carbocycles. The Balaban J connectivity index is 1.33. The number of amides is 1. The van der Waals surface area contributed by atoms with Gasteiger partial charge in [0.1, 0.15) is 5.82 Å². The van der Waals surface area contributed by atoms with Gasteiger partial charge in [0.2, 0.25) is 5.91 Å². The van der Waals surface area contributed by atoms with E-state index in [2.05, 4.69) is 34.5 Å². The van der Waals surface area contributed by atoms with Crippen LogP contribution in [-0.2, 0) is 4.79 Å². The molecule has 3 aromatic rings. The standard InChI is InChI=1S/C24H26FN3O/c1-18(20-10-6-8-19-7-2-3-9-21(19)20)26-24(29)17-27-13-15-28(16-14-27)23-12-5-4-11-22(23)25/h2-12,18H,13-17H2,1H3,(H,26,29). The number of para-hydroxylation sites is 1. The monoisotopic (exact) mass is 391 g/mol. The van der Waals surface area contributed by atoms with Crippen LogP contribution in [0.25, 0.3) is 10.8 Å². The Morgan fingerprint density at radius 1 is 0.966 bits per heavy atom. The van der Waals surface area contributed by atoms with Crippen molar-refractivity contribution in [1.82, 2.24) is 10.2 Å². The van der Waals surface area contributed by atoms with E-state index in [0.717, 1.165) is 18.7 Å². The molecule has 0 radical (unpaired) electrons. The number of hydrogen-bond acceptors (Lipinski definition) is 3. The average Bonchev–Trinajstić information content (AvgIpc) is 2.74. The third-order valence-electron chi connectivity index (χ3n) is 5.60. The Bertz CT molecular complexity index is 993. The van der Waals surface area contributed by atoms with Crippen molar-refractivity contribution < 1.29 is 9.18 Å². The van der Waals surface area contributed by atoms with E-state index in [1.54, 1.807) is 6.07 Å². The van der Waals surface area contributed by atoms with Crippen LogP contribution in [0.4, 0.5) is 10.1 Å². The molecule has 1 unspecified atom stereocenters. The highest BCUT2D eigenvalue weighted by Gasteiger charge is 2.21. The van der Waals surface area contributed by atoms with Crippen molar-refractivity contribution >= 4 is 22.4 Å². The van der Waals surface area contributed by atoms with Crippen LogP contribution in [0.1, 0.15) is 18.5 Å². The Morgan fingerprint density at radius 3 is 2.45 bits per heavy atom. The van der Waals surface area contributed by atoms with Crippen molar-refractivity contribution in [3.05, 3.63) is 78.1 Å². The van der Waals surface area contributed by atoms with E-state index in [0.29, 0.717) is 25.3 Å². The molecule has 1 fully saturated rings. The topological polar surface area (TPSA) is 35.6 Å². The lowest BCUT2D eigenvalue weighted by Gasteiger charge is -2.36. The van der Waals surface area contributed by atoms with Gasteiger partial charge in [0.05, 0.1) is 18.3 Å². The Hall–Kier alpha value is -2.92. The van der Waals surface area contributed by atoms with Crippen LogP contribution in [0.5, 0.6) is 0 Å². The van der Waals surface area contributed by atoms with Gasteiger partial charge in [-0.2, -0.15) is 0 Å². The van der Waals surface area contributed by atoms with Gasteiger partial charge in [-0.25, -0.2) is 4.39 Å². The maximum atomic E-state index is 14.0. The van der Waals surface area contributed by atoms with Crippen molar-refractivity contribution in [2.45, 2.75) is 13.0 Å². The lowest BCUT2D eigenvalue weighted by Crippen LogP contribution is -2.49. The number of piperazine rings is 1. The van der Waals surface area contributed by atoms with Crippen molar-refractivity contribution in [3.8, 4) is 0 Å². The van der Waals surface area contributed by atoms with Crippen molar-refractivity contribution in [1.29, 1.82) is 0 Å². The van der Waals surface area contributed by atoms with Gasteiger partial charge in [0.15, 0.2) is 0 Å². The highest BCUT2D eigenvalue weighted by Crippen LogP contribution is 2.24. The van der Waals surface area contributed by atoms with Crippen LogP contribution >= 0.6 is 0 Å². The van der Waals surface area contributed by atoms with Gasteiger partial charge in [0, 0.05) is 26.2 Å². The minimum absolute atomic E-state index is 0.0183. The maximum Gasteiger partial charge on any atom is 0.234 e. The first kappa shape index (κ1) is 19.4. The zero-order valence-electron chi connectivity index (χ0n) is 16.6. The molecular weight excluding hydrogens is 365 g/mol. The first-order valence-corrected chi connectivity index (χ1v) is 10.1. The summed E-state index contributed by atoms with van der Waals surface area (Å²) in [6.07, 6.45) is 0. The van der Waals surface area contributed by atoms with Crippen molar-refractivity contribution in [2.75, 3.05) is 37.6 Å². The molecule has 0 aromatic heterocycles. The molecule has 1 heterocycles. The molecule has 1 amide bonds. The zero-order valence-corrected chi connectivity index (χ0v) is 16.6. The number of nitrogens with zero attached hydrogens (tertiary/aromatic N) is 2. The van der Waals surface area contributed by atoms with Gasteiger partial charge in [-0.3, -0.25) is 9.69 Å². The number of halogens is 1. The van der Waals surface area contributed by atoms with Crippen LogP contribution in [0.2, 0.25) is 0 Å². The van der Waals surface area contributed by atoms with E-state index >= 15 is 0 Å². The molecule has 4 nitrogen and oxygen atoms in total. The lowest BCUT2D eigenvalue weighted by atomic mass is 10.00. The fourth-order valence-corrected chi connectivity index (χ4v) is 4.05. The summed E-state index contributed by atoms with van der Waals surface area (Å²) in [5.41, 5.74) is 1.77. The number of nitrogens with one attached hydrogen (secondary N) is 1. The third kappa shape index (κ3) is 4.40. The van der Waals surface area contributed by atoms with Gasteiger partial charge in [-0.15, -0.1) is 0 Å². The summed E-state index contributed by atoms with van der Waals surface area (Å²) in [6.45, 7) is 5.30. The van der Waals surface area contributed by atoms with E-state index in [1.807, 2.05) is 42.2 Å². The van der Waals surface area contributed by atoms with Crippen LogP contribution < -0.4 is 10.2 Å². The molecule has 1 aliphatic heterocycles. The molecule has 4 rings (SSSR count). The van der Waals surface area contributed by atoms with Gasteiger partial charge >= 0.3 is 0 Å². The molecule has 1 N–H and O–H groups in total. The third-order valence-corrected chi connectivity index (χ3v) is 5.60. The van der Waals surface area contributed by atoms with E-state index in [1.165, 1.54) is 16.8 Å². The number of hydrogen-bond donors (Lipinski definition) is 1. The smallest absolute Gasteiger partial charge is 0.234 e. The quantitative estimate of drug-likeness (QED) is 0.715. The first-order valence-electron chi connectivity index (χ1n) is 10.1. The molecule has 5 heteroatoms. The van der Waals surface area contributed by atoms with E-state index in [-0.39, 0.29) is 17.8 Å². The van der Waals surface area contributed by atoms with E-state index in [9.17, 15) is 9.18 Å². The normalized spacial score (nSPS) is 16.0. The van der Waals surface area contributed by atoms with E-state index in [4.69, 9.17) is 0 Å². The summed E-state index contributed by atoms with van der Waals surface area (Å²) in [7, 11) is 0. The minimum Gasteiger partial charge on any atom is -0.367 e. The summed E-state index contributed by atoms with van der Waals surface area (Å²) in [4.78, 5) is 16.8. The number of anilines is 1. The number of carbonyl (C=O) groups excluding carboxylic acids is 1. The summed E-state index contributed by atoms with van der Waals surface area (Å²) in [5.74, 6) is -0.174. The summed E-state index contributed by atoms with van der Waals surface area (Å²) in [5, 5.41) is 5.48. The zero-order chi connectivity index (χ0) is 20.2. The average molecular weight is 391 g/mol. The minimum atomic E-state index is -0.192. The van der Waals surface area contributed by atoms with E-state index < -0.39 is 0 Å². The summed E-state index contributed by atoms with van der Waals surface area (Å²) >= 11 is 0. The fourth-order valence-electron chi connectivity index (χ4n) is 4.05. The Kier molecular flexibility index (Phi) is 5.76. The number of fused-ring (bicyclic) bond motifs is 1. The van der Waals surface area contributed by atoms with Gasteiger partial charge in [0.25, 0.3) is 0 Å². The van der Waals surface area contributed by atoms with Crippen molar-refractivity contribution in [3.63, 3.8) is 0 Å². The second kappa shape index (κ2) is 8.62. The largest absolute Gasteiger partial charge is 0.367 e. The SMILES string of the molecule is CC(NC(=O)CN1CCN(c2ccccc2F)CC1)c1cccc2ccccc12. The first-order chi connectivity index (χ1) is 14.1. The Labute approximate surface area is 170 Å². The second-order valence-electron chi connectivity index (χ2n) is 7.57. The summed E-state index contributed by atoms with van der Waals surface area (Å²) in [6, 6.07) is 21.2. The van der Waals surface area contributed by atoms with Gasteiger partial charge < -0.3 is 10.2 Å². The summed E-state index contributed by atoms with van der Waals surface area (Å²) < 4.78 is 14.0. The molecule has 3 aromatic carbocycles. The Morgan fingerprint density at radius 2 is 1.66 bits per heavy atom. The van der Waals surface area contributed by atoms with Gasteiger partial charge in [-0.05, 0) is 35.4 Å². The molecule has 1 saturated heterocycles. The predicted octanol–water partition coefficient (Wildman–Crippen LogP) is 3.98. The van der Waals surface area contributed by atoms with Gasteiger partial charge in [-0.1, -0.05) is 54.6 Å². The fraction of sp³-hybridized carbons (Fsp3) is 0.292. The molecule has 1 aliphatic rings. The maximum absolute atomic E-state index is 14.0. The number of rotatable bonds is 5. The highest BCUT2D eigenvalue weighted by molar-refractivity contribution is 5.87. The highest BCUT2D eigenvalue weighted by atomic mass is 19.1. The van der Waals surface area contributed by atoms with Crippen molar-refractivity contribution in [2.24, 2.45) is 0 Å². The van der Waals surface area contributed by atoms with Crippen LogP contribution in [-0.4, -0.2) is 43.5 Å². The molecule has 0 saturated carbocycles. The predicted molar refractivity (Wildman–Crippen MR) is 116 cm³/mol. The molecular formula is C24H26FN3O. The second-order valence-corrected chi connectivity index (χ2v) is 7.57. The molecule has 1 atom stereocenters. The van der Waals surface area contributed by atoms with Crippen LogP contribution in [0.3, 0.4) is 0 Å². The lowest BCUT2D eigenvalue weighted by molar-refractivity contribution is -0.123. The van der Waals surface area contributed by atoms with Crippen LogP contribution in [0.15, 0.2) is 66.7 Å². The molecule has 150 valence electrons. The molecule has 29 heavy (non-hydrogen) atoms. The molecule has 0 bridgehead atoms.